The molecule has 4 rings (SSSR count). The summed E-state index contributed by atoms with van der Waals surface area (Å²) < 4.78 is 0. The summed E-state index contributed by atoms with van der Waals surface area (Å²) in [7, 11) is 0. The van der Waals surface area contributed by atoms with E-state index in [9.17, 15) is 19.2 Å². The number of rotatable bonds is 3. The maximum Gasteiger partial charge on any atom is 0.327 e. The van der Waals surface area contributed by atoms with E-state index in [1.165, 1.54) is 0 Å². The Labute approximate surface area is 140 Å². The van der Waals surface area contributed by atoms with Crippen molar-refractivity contribution in [3.63, 3.8) is 0 Å². The average Bonchev–Trinajstić information content (AvgIpc) is 3.29. The number of fused-ring (bicyclic) bond motifs is 1. The molecule has 8 nitrogen and oxygen atoms in total. The molecule has 4 aliphatic rings. The molecular formula is C16H22N4O4. The first-order chi connectivity index (χ1) is 11.6. The Hall–Kier alpha value is -2.12. The fourth-order valence-electron chi connectivity index (χ4n) is 3.83. The van der Waals surface area contributed by atoms with Gasteiger partial charge in [-0.05, 0) is 25.7 Å². The Morgan fingerprint density at radius 2 is 1.58 bits per heavy atom. The lowest BCUT2D eigenvalue weighted by Crippen LogP contribution is -2.53. The van der Waals surface area contributed by atoms with Gasteiger partial charge in [0.25, 0.3) is 5.91 Å². The summed E-state index contributed by atoms with van der Waals surface area (Å²) in [6.07, 6.45) is 3.50. The predicted molar refractivity (Wildman–Crippen MR) is 82.7 cm³/mol. The Bertz CT molecular complexity index is 573. The molecule has 0 bridgehead atoms. The Balaban J connectivity index is 1.31. The van der Waals surface area contributed by atoms with E-state index in [4.69, 9.17) is 0 Å². The van der Waals surface area contributed by atoms with Crippen LogP contribution in [-0.2, 0) is 14.4 Å². The number of imide groups is 1. The molecule has 0 spiro atoms. The summed E-state index contributed by atoms with van der Waals surface area (Å²) in [4.78, 5) is 55.1. The summed E-state index contributed by atoms with van der Waals surface area (Å²) >= 11 is 0. The zero-order chi connectivity index (χ0) is 16.8. The maximum atomic E-state index is 12.4. The van der Waals surface area contributed by atoms with E-state index in [0.29, 0.717) is 39.1 Å². The van der Waals surface area contributed by atoms with Gasteiger partial charge < -0.3 is 14.7 Å². The molecule has 0 N–H and O–H groups in total. The number of amides is 5. The van der Waals surface area contributed by atoms with Gasteiger partial charge in [-0.2, -0.15) is 0 Å². The molecule has 4 fully saturated rings. The highest BCUT2D eigenvalue weighted by Crippen LogP contribution is 2.31. The third-order valence-electron chi connectivity index (χ3n) is 5.44. The summed E-state index contributed by atoms with van der Waals surface area (Å²) in [6.45, 7) is 2.44. The van der Waals surface area contributed by atoms with Crippen molar-refractivity contribution in [3.05, 3.63) is 0 Å². The fourth-order valence-corrected chi connectivity index (χ4v) is 3.83. The van der Waals surface area contributed by atoms with Gasteiger partial charge in [0.15, 0.2) is 0 Å². The molecule has 3 saturated heterocycles. The van der Waals surface area contributed by atoms with Crippen LogP contribution >= 0.6 is 0 Å². The second kappa shape index (κ2) is 5.75. The number of hydrogen-bond donors (Lipinski definition) is 0. The molecule has 1 saturated carbocycles. The lowest BCUT2D eigenvalue weighted by molar-refractivity contribution is -0.142. The minimum atomic E-state index is -0.363. The molecule has 3 aliphatic heterocycles. The normalized spacial score (nSPS) is 27.1. The monoisotopic (exact) mass is 334 g/mol. The zero-order valence-electron chi connectivity index (χ0n) is 13.6. The van der Waals surface area contributed by atoms with Gasteiger partial charge in [-0.15, -0.1) is 0 Å². The van der Waals surface area contributed by atoms with Gasteiger partial charge in [-0.3, -0.25) is 19.3 Å². The largest absolute Gasteiger partial charge is 0.339 e. The molecule has 1 aliphatic carbocycles. The molecule has 8 heteroatoms. The fraction of sp³-hybridized carbons (Fsp3) is 0.750. The predicted octanol–water partition coefficient (Wildman–Crippen LogP) is -0.506. The quantitative estimate of drug-likeness (QED) is 0.651. The summed E-state index contributed by atoms with van der Waals surface area (Å²) in [5.74, 6) is -0.0574. The van der Waals surface area contributed by atoms with E-state index in [2.05, 4.69) is 0 Å². The average molecular weight is 334 g/mol. The molecule has 24 heavy (non-hydrogen) atoms. The zero-order valence-corrected chi connectivity index (χ0v) is 13.6. The Kier molecular flexibility index (Phi) is 3.69. The minimum Gasteiger partial charge on any atom is -0.339 e. The number of nitrogens with zero attached hydrogens (tertiary/aromatic N) is 4. The van der Waals surface area contributed by atoms with E-state index in [1.807, 2.05) is 4.90 Å². The van der Waals surface area contributed by atoms with Crippen LogP contribution in [0.25, 0.3) is 0 Å². The van der Waals surface area contributed by atoms with Crippen LogP contribution in [0.15, 0.2) is 0 Å². The maximum absolute atomic E-state index is 12.4. The first-order valence-corrected chi connectivity index (χ1v) is 8.75. The molecule has 0 aromatic rings. The number of urea groups is 1. The van der Waals surface area contributed by atoms with Crippen LogP contribution in [0.4, 0.5) is 4.79 Å². The molecule has 1 atom stereocenters. The van der Waals surface area contributed by atoms with Crippen molar-refractivity contribution in [2.24, 2.45) is 5.92 Å². The molecule has 0 unspecified atom stereocenters. The van der Waals surface area contributed by atoms with E-state index >= 15 is 0 Å². The Morgan fingerprint density at radius 3 is 2.21 bits per heavy atom. The van der Waals surface area contributed by atoms with Gasteiger partial charge in [-0.25, -0.2) is 4.79 Å². The van der Waals surface area contributed by atoms with Gasteiger partial charge >= 0.3 is 6.03 Å². The van der Waals surface area contributed by atoms with E-state index in [-0.39, 0.29) is 42.3 Å². The topological polar surface area (TPSA) is 81.2 Å². The summed E-state index contributed by atoms with van der Waals surface area (Å²) in [6, 6.07) is -0.697. The van der Waals surface area contributed by atoms with Crippen molar-refractivity contribution in [2.45, 2.75) is 31.7 Å². The smallest absolute Gasteiger partial charge is 0.327 e. The van der Waals surface area contributed by atoms with Crippen LogP contribution < -0.4 is 0 Å². The van der Waals surface area contributed by atoms with Gasteiger partial charge in [0, 0.05) is 38.6 Å². The van der Waals surface area contributed by atoms with Crippen LogP contribution in [0.1, 0.15) is 25.7 Å². The number of piperazine rings is 1. The van der Waals surface area contributed by atoms with E-state index < -0.39 is 0 Å². The number of carbonyl (C=O) groups excluding carboxylic acids is 4. The van der Waals surface area contributed by atoms with E-state index in [0.717, 1.165) is 24.2 Å². The molecule has 130 valence electrons. The third kappa shape index (κ3) is 2.53. The van der Waals surface area contributed by atoms with Crippen molar-refractivity contribution in [1.82, 2.24) is 19.6 Å². The highest BCUT2D eigenvalue weighted by molar-refractivity contribution is 6.06. The SMILES string of the molecule is O=C(CN1C(=O)[C@H]2CCCN2C1=O)N1CCN(C(=O)C2CC2)CC1. The van der Waals surface area contributed by atoms with Crippen LogP contribution in [0.5, 0.6) is 0 Å². The van der Waals surface area contributed by atoms with Crippen molar-refractivity contribution in [3.8, 4) is 0 Å². The van der Waals surface area contributed by atoms with Gasteiger partial charge in [-0.1, -0.05) is 0 Å². The highest BCUT2D eigenvalue weighted by Gasteiger charge is 2.48. The Morgan fingerprint density at radius 1 is 0.917 bits per heavy atom. The van der Waals surface area contributed by atoms with Crippen LogP contribution in [-0.4, -0.2) is 88.7 Å². The highest BCUT2D eigenvalue weighted by atomic mass is 16.2. The lowest BCUT2D eigenvalue weighted by atomic mass is 10.2. The molecule has 0 radical (unpaired) electrons. The van der Waals surface area contributed by atoms with Gasteiger partial charge in [0.1, 0.15) is 12.6 Å². The molecule has 5 amide bonds. The van der Waals surface area contributed by atoms with E-state index in [1.54, 1.807) is 9.80 Å². The van der Waals surface area contributed by atoms with Crippen LogP contribution in [0.3, 0.4) is 0 Å². The van der Waals surface area contributed by atoms with Crippen molar-refractivity contribution in [2.75, 3.05) is 39.3 Å². The number of carbonyl (C=O) groups is 4. The van der Waals surface area contributed by atoms with Crippen LogP contribution in [0, 0.1) is 5.92 Å². The summed E-state index contributed by atoms with van der Waals surface area (Å²) in [5.41, 5.74) is 0. The second-order valence-corrected chi connectivity index (χ2v) is 7.04. The van der Waals surface area contributed by atoms with Crippen molar-refractivity contribution < 1.29 is 19.2 Å². The van der Waals surface area contributed by atoms with Crippen molar-refractivity contribution >= 4 is 23.8 Å². The second-order valence-electron chi connectivity index (χ2n) is 7.04. The van der Waals surface area contributed by atoms with Crippen LogP contribution in [0.2, 0.25) is 0 Å². The lowest BCUT2D eigenvalue weighted by Gasteiger charge is -2.35. The first kappa shape index (κ1) is 15.4. The minimum absolute atomic E-state index is 0.179. The molecular weight excluding hydrogens is 312 g/mol. The standard InChI is InChI=1S/C16H22N4O4/c21-13(10-20-15(23)12-2-1-5-19(12)16(20)24)17-6-8-18(9-7-17)14(22)11-3-4-11/h11-12H,1-10H2/t12-/m1/s1. The third-order valence-corrected chi connectivity index (χ3v) is 5.44. The van der Waals surface area contributed by atoms with Crippen molar-refractivity contribution in [1.29, 1.82) is 0 Å². The number of hydrogen-bond acceptors (Lipinski definition) is 4. The molecule has 0 aromatic carbocycles. The van der Waals surface area contributed by atoms with Gasteiger partial charge in [0.05, 0.1) is 0 Å². The first-order valence-electron chi connectivity index (χ1n) is 8.75. The summed E-state index contributed by atoms with van der Waals surface area (Å²) in [5, 5.41) is 0. The molecule has 3 heterocycles. The van der Waals surface area contributed by atoms with Gasteiger partial charge in [0.2, 0.25) is 11.8 Å². The molecule has 0 aromatic heterocycles.